The molecule has 0 aliphatic heterocycles. The molecule has 0 aliphatic carbocycles. The number of carboxylic acids is 1. The van der Waals surface area contributed by atoms with Gasteiger partial charge in [-0.1, -0.05) is 24.3 Å². The van der Waals surface area contributed by atoms with E-state index in [2.05, 4.69) is 0 Å². The van der Waals surface area contributed by atoms with Gasteiger partial charge >= 0.3 is 5.97 Å². The van der Waals surface area contributed by atoms with E-state index in [1.54, 1.807) is 36.4 Å². The van der Waals surface area contributed by atoms with Crippen molar-refractivity contribution in [2.24, 2.45) is 0 Å². The number of benzene rings is 1. The average molecular weight is 192 g/mol. The van der Waals surface area contributed by atoms with Crippen molar-refractivity contribution in [3.8, 4) is 5.75 Å². The fraction of sp³-hybridized carbons (Fsp3) is 0.182. The largest absolute Gasteiger partial charge is 0.508 e. The lowest BCUT2D eigenvalue weighted by molar-refractivity contribution is -0.136. The number of aliphatic carboxylic acids is 1. The summed E-state index contributed by atoms with van der Waals surface area (Å²) in [7, 11) is 0. The van der Waals surface area contributed by atoms with Gasteiger partial charge in [0.15, 0.2) is 0 Å². The van der Waals surface area contributed by atoms with Crippen LogP contribution < -0.4 is 0 Å². The van der Waals surface area contributed by atoms with Crippen molar-refractivity contribution in [2.75, 3.05) is 0 Å². The molecule has 0 fully saturated rings. The minimum atomic E-state index is -0.827. The third-order valence-electron chi connectivity index (χ3n) is 1.75. The maximum atomic E-state index is 10.2. The van der Waals surface area contributed by atoms with Crippen molar-refractivity contribution in [2.45, 2.75) is 12.8 Å². The zero-order valence-corrected chi connectivity index (χ0v) is 7.68. The monoisotopic (exact) mass is 192 g/mol. The molecule has 0 amide bonds. The first-order valence-electron chi connectivity index (χ1n) is 4.33. The van der Waals surface area contributed by atoms with Crippen LogP contribution in [0, 0.1) is 0 Å². The Morgan fingerprint density at radius 1 is 1.21 bits per heavy atom. The number of phenols is 1. The number of carboxylic acid groups (broad SMARTS) is 1. The van der Waals surface area contributed by atoms with Crippen molar-refractivity contribution < 1.29 is 15.0 Å². The molecule has 0 aliphatic rings. The highest BCUT2D eigenvalue weighted by Gasteiger charge is 1.91. The molecule has 0 bridgehead atoms. The Labute approximate surface area is 82.3 Å². The van der Waals surface area contributed by atoms with E-state index in [4.69, 9.17) is 10.2 Å². The van der Waals surface area contributed by atoms with Gasteiger partial charge in [0.1, 0.15) is 5.75 Å². The maximum absolute atomic E-state index is 10.2. The molecule has 0 atom stereocenters. The number of allylic oxidation sites excluding steroid dienone is 1. The number of aromatic hydroxyl groups is 1. The molecule has 0 unspecified atom stereocenters. The Kier molecular flexibility index (Phi) is 3.73. The lowest BCUT2D eigenvalue weighted by atomic mass is 10.1. The first-order valence-corrected chi connectivity index (χ1v) is 4.33. The van der Waals surface area contributed by atoms with Crippen LogP contribution in [-0.4, -0.2) is 16.2 Å². The van der Waals surface area contributed by atoms with Crippen LogP contribution >= 0.6 is 0 Å². The minimum absolute atomic E-state index is 0.0537. The van der Waals surface area contributed by atoms with E-state index in [9.17, 15) is 4.79 Å². The highest BCUT2D eigenvalue weighted by molar-refractivity contribution is 5.68. The van der Waals surface area contributed by atoms with Crippen LogP contribution in [0.4, 0.5) is 0 Å². The van der Waals surface area contributed by atoms with Crippen LogP contribution in [0.5, 0.6) is 5.75 Å². The predicted octanol–water partition coefficient (Wildman–Crippen LogP) is 1.97. The summed E-state index contributed by atoms with van der Waals surface area (Å²) in [5, 5.41) is 17.4. The van der Waals surface area contributed by atoms with E-state index in [-0.39, 0.29) is 12.2 Å². The summed E-state index contributed by atoms with van der Waals surface area (Å²) < 4.78 is 0. The first kappa shape index (κ1) is 10.3. The molecular formula is C11H12O3. The molecule has 3 heteroatoms. The molecule has 0 saturated heterocycles. The summed E-state index contributed by atoms with van der Waals surface area (Å²) in [5.74, 6) is -0.588. The lowest BCUT2D eigenvalue weighted by Crippen LogP contribution is -1.90. The van der Waals surface area contributed by atoms with Gasteiger partial charge in [-0.3, -0.25) is 4.79 Å². The van der Waals surface area contributed by atoms with Gasteiger partial charge in [0.25, 0.3) is 0 Å². The average Bonchev–Trinajstić information content (AvgIpc) is 2.15. The SMILES string of the molecule is O=C(O)C/C=C\Cc1ccc(O)cc1. The number of hydrogen-bond donors (Lipinski definition) is 2. The van der Waals surface area contributed by atoms with Gasteiger partial charge in [0.05, 0.1) is 6.42 Å². The second-order valence-electron chi connectivity index (χ2n) is 2.94. The van der Waals surface area contributed by atoms with Crippen molar-refractivity contribution in [3.63, 3.8) is 0 Å². The number of phenolic OH excluding ortho intramolecular Hbond substituents is 1. The van der Waals surface area contributed by atoms with Crippen LogP contribution in [0.2, 0.25) is 0 Å². The van der Waals surface area contributed by atoms with E-state index in [0.29, 0.717) is 6.42 Å². The Morgan fingerprint density at radius 3 is 2.43 bits per heavy atom. The van der Waals surface area contributed by atoms with Gasteiger partial charge in [-0.15, -0.1) is 0 Å². The van der Waals surface area contributed by atoms with E-state index in [0.717, 1.165) is 5.56 Å². The highest BCUT2D eigenvalue weighted by Crippen LogP contribution is 2.10. The third-order valence-corrected chi connectivity index (χ3v) is 1.75. The zero-order valence-electron chi connectivity index (χ0n) is 7.68. The highest BCUT2D eigenvalue weighted by atomic mass is 16.4. The number of carbonyl (C=O) groups is 1. The Balaban J connectivity index is 2.42. The normalized spacial score (nSPS) is 10.6. The van der Waals surface area contributed by atoms with Crippen LogP contribution in [0.1, 0.15) is 12.0 Å². The summed E-state index contributed by atoms with van der Waals surface area (Å²) in [6.07, 6.45) is 4.17. The molecule has 0 heterocycles. The molecular weight excluding hydrogens is 180 g/mol. The Hall–Kier alpha value is -1.77. The molecule has 1 aromatic carbocycles. The summed E-state index contributed by atoms with van der Waals surface area (Å²) in [6.45, 7) is 0. The second-order valence-corrected chi connectivity index (χ2v) is 2.94. The molecule has 2 N–H and O–H groups in total. The minimum Gasteiger partial charge on any atom is -0.508 e. The van der Waals surface area contributed by atoms with Gasteiger partial charge in [0.2, 0.25) is 0 Å². The Bertz CT molecular complexity index is 325. The molecule has 0 aromatic heterocycles. The summed E-state index contributed by atoms with van der Waals surface area (Å²) in [5.41, 5.74) is 1.05. The quantitative estimate of drug-likeness (QED) is 0.717. The van der Waals surface area contributed by atoms with Crippen molar-refractivity contribution in [1.29, 1.82) is 0 Å². The summed E-state index contributed by atoms with van der Waals surface area (Å²) >= 11 is 0. The number of rotatable bonds is 4. The zero-order chi connectivity index (χ0) is 10.4. The van der Waals surface area contributed by atoms with E-state index in [1.807, 2.05) is 0 Å². The summed E-state index contributed by atoms with van der Waals surface area (Å²) in [6, 6.07) is 6.83. The van der Waals surface area contributed by atoms with E-state index < -0.39 is 5.97 Å². The van der Waals surface area contributed by atoms with Gasteiger partial charge in [-0.05, 0) is 24.1 Å². The fourth-order valence-corrected chi connectivity index (χ4v) is 1.04. The van der Waals surface area contributed by atoms with Gasteiger partial charge in [-0.2, -0.15) is 0 Å². The maximum Gasteiger partial charge on any atom is 0.307 e. The summed E-state index contributed by atoms with van der Waals surface area (Å²) in [4.78, 5) is 10.2. The van der Waals surface area contributed by atoms with Crippen molar-refractivity contribution in [3.05, 3.63) is 42.0 Å². The molecule has 0 radical (unpaired) electrons. The lowest BCUT2D eigenvalue weighted by Gasteiger charge is -1.95. The van der Waals surface area contributed by atoms with Crippen LogP contribution in [0.25, 0.3) is 0 Å². The van der Waals surface area contributed by atoms with Crippen LogP contribution in [0.15, 0.2) is 36.4 Å². The molecule has 3 nitrogen and oxygen atoms in total. The fourth-order valence-electron chi connectivity index (χ4n) is 1.04. The van der Waals surface area contributed by atoms with Crippen molar-refractivity contribution in [1.82, 2.24) is 0 Å². The van der Waals surface area contributed by atoms with Crippen LogP contribution in [0.3, 0.4) is 0 Å². The Morgan fingerprint density at radius 2 is 1.86 bits per heavy atom. The standard InChI is InChI=1S/C11H12O3/c12-10-7-5-9(6-8-10)3-1-2-4-11(13)14/h1-2,5-8,12H,3-4H2,(H,13,14)/b2-1-. The first-order chi connectivity index (χ1) is 6.68. The third kappa shape index (κ3) is 3.76. The molecule has 74 valence electrons. The second kappa shape index (κ2) is 5.07. The molecule has 14 heavy (non-hydrogen) atoms. The van der Waals surface area contributed by atoms with E-state index >= 15 is 0 Å². The predicted molar refractivity (Wildman–Crippen MR) is 53.2 cm³/mol. The van der Waals surface area contributed by atoms with Crippen molar-refractivity contribution >= 4 is 5.97 Å². The smallest absolute Gasteiger partial charge is 0.307 e. The van der Waals surface area contributed by atoms with Gasteiger partial charge in [0, 0.05) is 0 Å². The van der Waals surface area contributed by atoms with Crippen LogP contribution in [-0.2, 0) is 11.2 Å². The van der Waals surface area contributed by atoms with E-state index in [1.165, 1.54) is 0 Å². The van der Waals surface area contributed by atoms with Gasteiger partial charge < -0.3 is 10.2 Å². The van der Waals surface area contributed by atoms with Gasteiger partial charge in [-0.25, -0.2) is 0 Å². The molecule has 1 rings (SSSR count). The molecule has 0 saturated carbocycles. The topological polar surface area (TPSA) is 57.5 Å². The molecule has 0 spiro atoms. The molecule has 1 aromatic rings. The number of hydrogen-bond acceptors (Lipinski definition) is 2.